The predicted molar refractivity (Wildman–Crippen MR) is 101 cm³/mol. The first-order valence-corrected chi connectivity index (χ1v) is 9.83. The quantitative estimate of drug-likeness (QED) is 0.586. The van der Waals surface area contributed by atoms with Crippen LogP contribution in [0.15, 0.2) is 59.3 Å². The molecule has 2 nitrogen and oxygen atoms in total. The number of carbonyl (C=O) groups is 1. The Bertz CT molecular complexity index is 913. The van der Waals surface area contributed by atoms with E-state index in [1.54, 1.807) is 46.9 Å². The second kappa shape index (κ2) is 6.94. The molecule has 1 aliphatic heterocycles. The van der Waals surface area contributed by atoms with Gasteiger partial charge in [-0.15, -0.1) is 22.7 Å². The summed E-state index contributed by atoms with van der Waals surface area (Å²) in [7, 11) is 0. The highest BCUT2D eigenvalue weighted by atomic mass is 32.1. The van der Waals surface area contributed by atoms with Gasteiger partial charge in [0, 0.05) is 27.9 Å². The maximum Gasteiger partial charge on any atom is 0.247 e. The minimum atomic E-state index is -0.319. The third-order valence-corrected chi connectivity index (χ3v) is 6.29. The number of hydrogen-bond acceptors (Lipinski definition) is 3. The molecule has 3 aromatic rings. The minimum absolute atomic E-state index is 0.0484. The molecule has 0 saturated heterocycles. The molecule has 5 heteroatoms. The SMILES string of the molecule is O=C(/C=C/c1ccccc1F)N1CCc2sccc2C1c1cccs1. The molecule has 1 amide bonds. The van der Waals surface area contributed by atoms with Crippen molar-refractivity contribution in [3.63, 3.8) is 0 Å². The Kier molecular flexibility index (Phi) is 4.51. The van der Waals surface area contributed by atoms with Crippen molar-refractivity contribution < 1.29 is 9.18 Å². The van der Waals surface area contributed by atoms with Crippen molar-refractivity contribution in [2.75, 3.05) is 6.54 Å². The van der Waals surface area contributed by atoms with Crippen LogP contribution in [0, 0.1) is 5.82 Å². The average Bonchev–Trinajstić information content (AvgIpc) is 3.31. The van der Waals surface area contributed by atoms with Crippen LogP contribution in [0.5, 0.6) is 0 Å². The summed E-state index contributed by atoms with van der Waals surface area (Å²) in [5, 5.41) is 4.13. The first kappa shape index (κ1) is 16.2. The summed E-state index contributed by atoms with van der Waals surface area (Å²) in [4.78, 5) is 17.2. The van der Waals surface area contributed by atoms with Gasteiger partial charge in [-0.05, 0) is 47.0 Å². The van der Waals surface area contributed by atoms with Crippen LogP contribution in [0.3, 0.4) is 0 Å². The lowest BCUT2D eigenvalue weighted by Crippen LogP contribution is -2.38. The summed E-state index contributed by atoms with van der Waals surface area (Å²) in [5.74, 6) is -0.404. The van der Waals surface area contributed by atoms with Crippen molar-refractivity contribution in [1.82, 2.24) is 4.90 Å². The molecule has 0 saturated carbocycles. The van der Waals surface area contributed by atoms with Crippen molar-refractivity contribution in [3.05, 3.63) is 86.0 Å². The molecule has 1 aromatic carbocycles. The summed E-state index contributed by atoms with van der Waals surface area (Å²) >= 11 is 3.41. The van der Waals surface area contributed by atoms with E-state index in [0.29, 0.717) is 12.1 Å². The molecule has 0 bridgehead atoms. The zero-order valence-corrected chi connectivity index (χ0v) is 15.0. The number of fused-ring (bicyclic) bond motifs is 1. The van der Waals surface area contributed by atoms with Crippen LogP contribution in [-0.2, 0) is 11.2 Å². The molecule has 0 fully saturated rings. The Labute approximate surface area is 153 Å². The average molecular weight is 369 g/mol. The number of halogens is 1. The molecule has 1 aliphatic rings. The van der Waals surface area contributed by atoms with Crippen LogP contribution in [0.1, 0.15) is 26.9 Å². The Morgan fingerprint density at radius 2 is 2.00 bits per heavy atom. The van der Waals surface area contributed by atoms with Gasteiger partial charge >= 0.3 is 0 Å². The summed E-state index contributed by atoms with van der Waals surface area (Å²) in [6.07, 6.45) is 3.91. The molecule has 0 N–H and O–H groups in total. The van der Waals surface area contributed by atoms with Crippen LogP contribution in [-0.4, -0.2) is 17.4 Å². The third kappa shape index (κ3) is 3.17. The molecule has 4 rings (SSSR count). The van der Waals surface area contributed by atoms with Crippen LogP contribution in [0.25, 0.3) is 6.08 Å². The molecule has 0 spiro atoms. The maximum absolute atomic E-state index is 13.8. The molecule has 126 valence electrons. The van der Waals surface area contributed by atoms with E-state index in [4.69, 9.17) is 0 Å². The summed E-state index contributed by atoms with van der Waals surface area (Å²) in [5.41, 5.74) is 1.64. The van der Waals surface area contributed by atoms with Gasteiger partial charge in [-0.2, -0.15) is 0 Å². The van der Waals surface area contributed by atoms with Crippen LogP contribution in [0.4, 0.5) is 4.39 Å². The molecule has 25 heavy (non-hydrogen) atoms. The maximum atomic E-state index is 13.8. The lowest BCUT2D eigenvalue weighted by molar-refractivity contribution is -0.127. The number of amides is 1. The number of benzene rings is 1. The van der Waals surface area contributed by atoms with Gasteiger partial charge in [-0.1, -0.05) is 24.3 Å². The van der Waals surface area contributed by atoms with E-state index in [-0.39, 0.29) is 17.8 Å². The molecule has 2 aromatic heterocycles. The monoisotopic (exact) mass is 369 g/mol. The summed E-state index contributed by atoms with van der Waals surface area (Å²) in [6.45, 7) is 0.677. The van der Waals surface area contributed by atoms with Gasteiger partial charge in [-0.25, -0.2) is 4.39 Å². The highest BCUT2D eigenvalue weighted by Gasteiger charge is 2.32. The van der Waals surface area contributed by atoms with E-state index in [1.165, 1.54) is 22.6 Å². The van der Waals surface area contributed by atoms with E-state index in [0.717, 1.165) is 11.3 Å². The van der Waals surface area contributed by atoms with Crippen LogP contribution in [0.2, 0.25) is 0 Å². The Morgan fingerprint density at radius 1 is 1.12 bits per heavy atom. The van der Waals surface area contributed by atoms with Gasteiger partial charge in [-0.3, -0.25) is 4.79 Å². The highest BCUT2D eigenvalue weighted by Crippen LogP contribution is 2.39. The first-order valence-electron chi connectivity index (χ1n) is 8.07. The summed E-state index contributed by atoms with van der Waals surface area (Å²) < 4.78 is 13.8. The Morgan fingerprint density at radius 3 is 2.80 bits per heavy atom. The van der Waals surface area contributed by atoms with E-state index in [2.05, 4.69) is 17.5 Å². The van der Waals surface area contributed by atoms with Crippen LogP contribution < -0.4 is 0 Å². The van der Waals surface area contributed by atoms with Gasteiger partial charge in [0.05, 0.1) is 6.04 Å². The van der Waals surface area contributed by atoms with E-state index >= 15 is 0 Å². The van der Waals surface area contributed by atoms with Gasteiger partial charge in [0.25, 0.3) is 0 Å². The van der Waals surface area contributed by atoms with E-state index < -0.39 is 0 Å². The number of carbonyl (C=O) groups excluding carboxylic acids is 1. The largest absolute Gasteiger partial charge is 0.327 e. The topological polar surface area (TPSA) is 20.3 Å². The zero-order chi connectivity index (χ0) is 17.2. The molecule has 3 heterocycles. The van der Waals surface area contributed by atoms with E-state index in [9.17, 15) is 9.18 Å². The first-order chi connectivity index (χ1) is 12.2. The zero-order valence-electron chi connectivity index (χ0n) is 13.4. The lowest BCUT2D eigenvalue weighted by atomic mass is 9.98. The number of hydrogen-bond donors (Lipinski definition) is 0. The molecule has 0 aliphatic carbocycles. The van der Waals surface area contributed by atoms with Gasteiger partial charge < -0.3 is 4.90 Å². The molecule has 1 unspecified atom stereocenters. The highest BCUT2D eigenvalue weighted by molar-refractivity contribution is 7.10. The van der Waals surface area contributed by atoms with Gasteiger partial charge in [0.15, 0.2) is 0 Å². The lowest BCUT2D eigenvalue weighted by Gasteiger charge is -2.34. The fourth-order valence-electron chi connectivity index (χ4n) is 3.17. The second-order valence-corrected chi connectivity index (χ2v) is 7.83. The van der Waals surface area contributed by atoms with Gasteiger partial charge in [0.2, 0.25) is 5.91 Å². The third-order valence-electron chi connectivity index (χ3n) is 4.37. The fraction of sp³-hybridized carbons (Fsp3) is 0.150. The van der Waals surface area contributed by atoms with Crippen LogP contribution >= 0.6 is 22.7 Å². The predicted octanol–water partition coefficient (Wildman–Crippen LogP) is 5.14. The van der Waals surface area contributed by atoms with Crippen molar-refractivity contribution in [2.24, 2.45) is 0 Å². The fourth-order valence-corrected chi connectivity index (χ4v) is 4.93. The van der Waals surface area contributed by atoms with Crippen molar-refractivity contribution >= 4 is 34.7 Å². The Hall–Kier alpha value is -2.24. The molecular weight excluding hydrogens is 353 g/mol. The standard InChI is InChI=1S/C20H16FNOS2/c21-16-5-2-1-4-14(16)7-8-19(23)22-11-9-17-15(10-13-25-17)20(22)18-6-3-12-24-18/h1-8,10,12-13,20H,9,11H2/b8-7+. The van der Waals surface area contributed by atoms with Crippen molar-refractivity contribution in [1.29, 1.82) is 0 Å². The summed E-state index contributed by atoms with van der Waals surface area (Å²) in [6, 6.07) is 12.6. The second-order valence-electron chi connectivity index (χ2n) is 5.85. The van der Waals surface area contributed by atoms with Gasteiger partial charge in [0.1, 0.15) is 5.82 Å². The Balaban J connectivity index is 1.64. The number of thiophene rings is 2. The normalized spacial score (nSPS) is 17.0. The molecule has 1 atom stereocenters. The molecular formula is C20H16FNOS2. The minimum Gasteiger partial charge on any atom is -0.327 e. The molecule has 0 radical (unpaired) electrons. The number of nitrogens with zero attached hydrogens (tertiary/aromatic N) is 1. The smallest absolute Gasteiger partial charge is 0.247 e. The van der Waals surface area contributed by atoms with E-state index in [1.807, 2.05) is 16.3 Å². The number of rotatable bonds is 3. The van der Waals surface area contributed by atoms with Crippen molar-refractivity contribution in [3.8, 4) is 0 Å². The van der Waals surface area contributed by atoms with Crippen molar-refractivity contribution in [2.45, 2.75) is 12.5 Å².